The maximum Gasteiger partial charge on any atom is 0.226 e. The highest BCUT2D eigenvalue weighted by Crippen LogP contribution is 2.27. The molecule has 0 saturated heterocycles. The molecule has 0 bridgehead atoms. The largest absolute Gasteiger partial charge is 0.302 e. The summed E-state index contributed by atoms with van der Waals surface area (Å²) in [6.45, 7) is 8.67. The van der Waals surface area contributed by atoms with E-state index in [-0.39, 0.29) is 11.3 Å². The lowest BCUT2D eigenvalue weighted by atomic mass is 9.86. The Bertz CT molecular complexity index is 888. The molecule has 0 saturated carbocycles. The van der Waals surface area contributed by atoms with E-state index in [0.29, 0.717) is 11.6 Å². The molecule has 130 valence electrons. The van der Waals surface area contributed by atoms with Crippen molar-refractivity contribution >= 4 is 32.6 Å². The number of amides is 1. The minimum Gasteiger partial charge on any atom is -0.302 e. The van der Waals surface area contributed by atoms with Crippen LogP contribution in [0.5, 0.6) is 0 Å². The van der Waals surface area contributed by atoms with Crippen molar-refractivity contribution in [1.82, 2.24) is 4.98 Å². The number of fused-ring (bicyclic) bond motifs is 1. The van der Waals surface area contributed by atoms with Gasteiger partial charge in [0.15, 0.2) is 5.13 Å². The second kappa shape index (κ2) is 6.96. The van der Waals surface area contributed by atoms with E-state index in [0.717, 1.165) is 16.6 Å². The summed E-state index contributed by atoms with van der Waals surface area (Å²) in [6.07, 6.45) is 1.20. The van der Waals surface area contributed by atoms with Gasteiger partial charge in [-0.3, -0.25) is 4.79 Å². The molecule has 2 aromatic carbocycles. The third-order valence-corrected chi connectivity index (χ3v) is 5.18. The molecule has 1 heterocycles. The second-order valence-electron chi connectivity index (χ2n) is 7.49. The Kier molecular flexibility index (Phi) is 4.91. The number of aromatic nitrogens is 1. The number of hydrogen-bond donors (Lipinski definition) is 1. The van der Waals surface area contributed by atoms with Crippen molar-refractivity contribution in [2.75, 3.05) is 5.32 Å². The summed E-state index contributed by atoms with van der Waals surface area (Å²) in [5.74, 6) is 0.00989. The molecular weight excluding hydrogens is 328 g/mol. The molecule has 0 fully saturated rings. The SMILES string of the molecule is Cc1ccc2nc(NC(=O)CCc3ccc(C(C)(C)C)cc3)sc2c1. The van der Waals surface area contributed by atoms with Crippen LogP contribution in [0.25, 0.3) is 10.2 Å². The van der Waals surface area contributed by atoms with Gasteiger partial charge in [-0.15, -0.1) is 0 Å². The van der Waals surface area contributed by atoms with Crippen LogP contribution in [0.15, 0.2) is 42.5 Å². The summed E-state index contributed by atoms with van der Waals surface area (Å²) in [5, 5.41) is 3.60. The third-order valence-electron chi connectivity index (χ3n) is 4.25. The quantitative estimate of drug-likeness (QED) is 0.676. The molecular formula is C21H24N2OS. The average Bonchev–Trinajstić information content (AvgIpc) is 2.93. The molecule has 0 atom stereocenters. The van der Waals surface area contributed by atoms with Gasteiger partial charge in [0.05, 0.1) is 10.2 Å². The summed E-state index contributed by atoms with van der Waals surface area (Å²) in [6, 6.07) is 14.7. The van der Waals surface area contributed by atoms with Crippen LogP contribution in [-0.4, -0.2) is 10.9 Å². The number of anilines is 1. The van der Waals surface area contributed by atoms with Gasteiger partial charge < -0.3 is 5.32 Å². The van der Waals surface area contributed by atoms with Gasteiger partial charge >= 0.3 is 0 Å². The van der Waals surface area contributed by atoms with Gasteiger partial charge in [0.25, 0.3) is 0 Å². The normalized spacial score (nSPS) is 11.7. The van der Waals surface area contributed by atoms with Crippen molar-refractivity contribution in [3.63, 3.8) is 0 Å². The Morgan fingerprint density at radius 1 is 1.12 bits per heavy atom. The number of rotatable bonds is 4. The molecule has 0 radical (unpaired) electrons. The van der Waals surface area contributed by atoms with Crippen LogP contribution in [-0.2, 0) is 16.6 Å². The summed E-state index contributed by atoms with van der Waals surface area (Å²) in [5.41, 5.74) is 4.78. The van der Waals surface area contributed by atoms with Crippen LogP contribution in [0, 0.1) is 6.92 Å². The highest BCUT2D eigenvalue weighted by atomic mass is 32.1. The molecule has 0 aliphatic rings. The number of thiazole rings is 1. The smallest absolute Gasteiger partial charge is 0.226 e. The first-order valence-electron chi connectivity index (χ1n) is 8.58. The van der Waals surface area contributed by atoms with E-state index in [4.69, 9.17) is 0 Å². The van der Waals surface area contributed by atoms with Crippen molar-refractivity contribution in [2.24, 2.45) is 0 Å². The molecule has 0 aliphatic carbocycles. The zero-order chi connectivity index (χ0) is 18.0. The second-order valence-corrected chi connectivity index (χ2v) is 8.52. The van der Waals surface area contributed by atoms with E-state index in [9.17, 15) is 4.79 Å². The predicted molar refractivity (Wildman–Crippen MR) is 106 cm³/mol. The lowest BCUT2D eigenvalue weighted by molar-refractivity contribution is -0.116. The first-order chi connectivity index (χ1) is 11.8. The molecule has 4 heteroatoms. The van der Waals surface area contributed by atoms with E-state index in [1.165, 1.54) is 28.0 Å². The molecule has 1 amide bonds. The van der Waals surface area contributed by atoms with Crippen LogP contribution < -0.4 is 5.32 Å². The van der Waals surface area contributed by atoms with E-state index < -0.39 is 0 Å². The number of aryl methyl sites for hydroxylation is 2. The van der Waals surface area contributed by atoms with Gasteiger partial charge in [0.2, 0.25) is 5.91 Å². The first-order valence-corrected chi connectivity index (χ1v) is 9.39. The van der Waals surface area contributed by atoms with Crippen LogP contribution >= 0.6 is 11.3 Å². The van der Waals surface area contributed by atoms with Crippen molar-refractivity contribution in [2.45, 2.75) is 46.0 Å². The van der Waals surface area contributed by atoms with Crippen LogP contribution in [0.4, 0.5) is 5.13 Å². The number of hydrogen-bond acceptors (Lipinski definition) is 3. The highest BCUT2D eigenvalue weighted by molar-refractivity contribution is 7.22. The molecule has 3 nitrogen and oxygen atoms in total. The Balaban J connectivity index is 1.58. The minimum absolute atomic E-state index is 0.00989. The van der Waals surface area contributed by atoms with Gasteiger partial charge in [-0.1, -0.05) is 62.4 Å². The van der Waals surface area contributed by atoms with E-state index in [2.05, 4.69) is 68.3 Å². The van der Waals surface area contributed by atoms with Crippen molar-refractivity contribution < 1.29 is 4.79 Å². The fraction of sp³-hybridized carbons (Fsp3) is 0.333. The molecule has 0 aliphatic heterocycles. The topological polar surface area (TPSA) is 42.0 Å². The number of benzene rings is 2. The van der Waals surface area contributed by atoms with Crippen molar-refractivity contribution in [1.29, 1.82) is 0 Å². The predicted octanol–water partition coefficient (Wildman–Crippen LogP) is 5.47. The van der Waals surface area contributed by atoms with Crippen LogP contribution in [0.1, 0.15) is 43.9 Å². The third kappa shape index (κ3) is 4.45. The maximum absolute atomic E-state index is 12.2. The highest BCUT2D eigenvalue weighted by Gasteiger charge is 2.13. The molecule has 0 spiro atoms. The Hall–Kier alpha value is -2.20. The van der Waals surface area contributed by atoms with E-state index in [1.807, 2.05) is 12.1 Å². The van der Waals surface area contributed by atoms with E-state index in [1.54, 1.807) is 0 Å². The monoisotopic (exact) mass is 352 g/mol. The van der Waals surface area contributed by atoms with E-state index >= 15 is 0 Å². The Labute approximate surface area is 153 Å². The average molecular weight is 353 g/mol. The maximum atomic E-state index is 12.2. The van der Waals surface area contributed by atoms with Gasteiger partial charge in [-0.25, -0.2) is 4.98 Å². The number of carbonyl (C=O) groups is 1. The standard InChI is InChI=1S/C21H24N2OS/c1-14-5-11-17-18(13-14)25-20(22-17)23-19(24)12-8-15-6-9-16(10-7-15)21(2,3)4/h5-7,9-11,13H,8,12H2,1-4H3,(H,22,23,24). The fourth-order valence-electron chi connectivity index (χ4n) is 2.70. The number of carbonyl (C=O) groups excluding carboxylic acids is 1. The van der Waals surface area contributed by atoms with Crippen molar-refractivity contribution in [3.05, 3.63) is 59.2 Å². The molecule has 1 aromatic heterocycles. The lowest BCUT2D eigenvalue weighted by Gasteiger charge is -2.19. The summed E-state index contributed by atoms with van der Waals surface area (Å²) in [7, 11) is 0. The molecule has 3 rings (SSSR count). The van der Waals surface area contributed by atoms with Gasteiger partial charge in [-0.2, -0.15) is 0 Å². The molecule has 1 N–H and O–H groups in total. The minimum atomic E-state index is 0.00989. The van der Waals surface area contributed by atoms with Gasteiger partial charge in [-0.05, 0) is 47.6 Å². The zero-order valence-corrected chi connectivity index (χ0v) is 16.0. The zero-order valence-electron chi connectivity index (χ0n) is 15.2. The molecule has 0 unspecified atom stereocenters. The lowest BCUT2D eigenvalue weighted by Crippen LogP contribution is -2.13. The van der Waals surface area contributed by atoms with Gasteiger partial charge in [0, 0.05) is 6.42 Å². The van der Waals surface area contributed by atoms with Crippen LogP contribution in [0.2, 0.25) is 0 Å². The van der Waals surface area contributed by atoms with Crippen molar-refractivity contribution in [3.8, 4) is 0 Å². The van der Waals surface area contributed by atoms with Crippen LogP contribution in [0.3, 0.4) is 0 Å². The summed E-state index contributed by atoms with van der Waals surface area (Å²) < 4.78 is 1.10. The van der Waals surface area contributed by atoms with Gasteiger partial charge in [0.1, 0.15) is 0 Å². The fourth-order valence-corrected chi connectivity index (χ4v) is 3.68. The molecule has 3 aromatic rings. The first kappa shape index (κ1) is 17.6. The number of nitrogens with zero attached hydrogens (tertiary/aromatic N) is 1. The summed E-state index contributed by atoms with van der Waals surface area (Å²) in [4.78, 5) is 16.7. The Morgan fingerprint density at radius 3 is 2.52 bits per heavy atom. The number of nitrogens with one attached hydrogen (secondary N) is 1. The Morgan fingerprint density at radius 2 is 1.84 bits per heavy atom. The summed E-state index contributed by atoms with van der Waals surface area (Å²) >= 11 is 1.52. The molecule has 25 heavy (non-hydrogen) atoms.